The molecule has 4 nitrogen and oxygen atoms in total. The topological polar surface area (TPSA) is 53.3 Å². The zero-order valence-electron chi connectivity index (χ0n) is 9.40. The lowest BCUT2D eigenvalue weighted by molar-refractivity contribution is 0.00347. The molecule has 1 saturated heterocycles. The van der Waals surface area contributed by atoms with Crippen LogP contribution in [0.5, 0.6) is 0 Å². The third-order valence-corrected chi connectivity index (χ3v) is 2.97. The Morgan fingerprint density at radius 1 is 1.61 bits per heavy atom. The van der Waals surface area contributed by atoms with Gasteiger partial charge in [0.05, 0.1) is 29.8 Å². The quantitative estimate of drug-likeness (QED) is 0.781. The molecule has 0 aromatic heterocycles. The highest BCUT2D eigenvalue weighted by molar-refractivity contribution is 6.33. The number of morpholine rings is 1. The molecule has 0 N–H and O–H groups in total. The van der Waals surface area contributed by atoms with Gasteiger partial charge in [0.25, 0.3) is 5.91 Å². The van der Waals surface area contributed by atoms with Crippen LogP contribution in [0.2, 0.25) is 5.02 Å². The first-order valence-electron chi connectivity index (χ1n) is 5.37. The van der Waals surface area contributed by atoms with E-state index in [4.69, 9.17) is 21.6 Å². The van der Waals surface area contributed by atoms with Crippen LogP contribution in [0.15, 0.2) is 18.2 Å². The summed E-state index contributed by atoms with van der Waals surface area (Å²) in [7, 11) is 0. The summed E-state index contributed by atoms with van der Waals surface area (Å²) < 4.78 is 18.0. The number of halogens is 2. The predicted molar refractivity (Wildman–Crippen MR) is 62.7 cm³/mol. The fourth-order valence-electron chi connectivity index (χ4n) is 1.75. The Hall–Kier alpha value is -1.64. The second-order valence-electron chi connectivity index (χ2n) is 3.86. The summed E-state index contributed by atoms with van der Waals surface area (Å²) in [5.74, 6) is -0.808. The van der Waals surface area contributed by atoms with Gasteiger partial charge in [-0.1, -0.05) is 11.6 Å². The van der Waals surface area contributed by atoms with Gasteiger partial charge in [0.1, 0.15) is 5.82 Å². The summed E-state index contributed by atoms with van der Waals surface area (Å²) in [5, 5.41) is 8.83. The third-order valence-electron chi connectivity index (χ3n) is 2.66. The maximum absolute atomic E-state index is 12.9. The summed E-state index contributed by atoms with van der Waals surface area (Å²) >= 11 is 5.83. The summed E-state index contributed by atoms with van der Waals surface area (Å²) in [5.41, 5.74) is 0.233. The maximum atomic E-state index is 12.9. The van der Waals surface area contributed by atoms with E-state index < -0.39 is 11.9 Å². The van der Waals surface area contributed by atoms with E-state index in [2.05, 4.69) is 0 Å². The number of carbonyl (C=O) groups is 1. The molecule has 1 amide bonds. The minimum atomic E-state index is -0.623. The van der Waals surface area contributed by atoms with Gasteiger partial charge in [-0.15, -0.1) is 0 Å². The Kier molecular flexibility index (Phi) is 3.80. The molecule has 0 aliphatic carbocycles. The van der Waals surface area contributed by atoms with Gasteiger partial charge < -0.3 is 9.64 Å². The predicted octanol–water partition coefficient (Wildman–Crippen LogP) is 1.84. The van der Waals surface area contributed by atoms with Crippen LogP contribution in [0, 0.1) is 17.1 Å². The van der Waals surface area contributed by atoms with Crippen molar-refractivity contribution in [2.24, 2.45) is 0 Å². The van der Waals surface area contributed by atoms with Crippen LogP contribution >= 0.6 is 11.6 Å². The van der Waals surface area contributed by atoms with Gasteiger partial charge in [-0.2, -0.15) is 5.26 Å². The molecule has 0 bridgehead atoms. The molecule has 1 aromatic rings. The first-order valence-corrected chi connectivity index (χ1v) is 5.75. The molecule has 0 saturated carbocycles. The Bertz CT molecular complexity index is 515. The lowest BCUT2D eigenvalue weighted by Crippen LogP contribution is -2.45. The van der Waals surface area contributed by atoms with Crippen molar-refractivity contribution in [2.75, 3.05) is 19.7 Å². The highest BCUT2D eigenvalue weighted by atomic mass is 35.5. The second-order valence-corrected chi connectivity index (χ2v) is 4.27. The number of nitrogens with zero attached hydrogens (tertiary/aromatic N) is 2. The number of ether oxygens (including phenoxy) is 1. The number of rotatable bonds is 1. The van der Waals surface area contributed by atoms with Crippen LogP contribution in [0.3, 0.4) is 0 Å². The number of carbonyl (C=O) groups excluding carboxylic acids is 1. The molecular weight excluding hydrogens is 259 g/mol. The van der Waals surface area contributed by atoms with Crippen molar-refractivity contribution in [2.45, 2.75) is 6.10 Å². The summed E-state index contributed by atoms with van der Waals surface area (Å²) in [4.78, 5) is 13.6. The molecule has 94 valence electrons. The van der Waals surface area contributed by atoms with Gasteiger partial charge >= 0.3 is 0 Å². The standard InChI is InChI=1S/C12H10ClFN2O2/c13-11-5-8(14)1-2-10(11)12(17)16-3-4-18-9(6-15)7-16/h1-2,5,9H,3-4,7H2. The number of benzene rings is 1. The number of amides is 1. The molecule has 1 aliphatic rings. The van der Waals surface area contributed by atoms with Gasteiger partial charge in [0.15, 0.2) is 6.10 Å². The zero-order valence-corrected chi connectivity index (χ0v) is 10.2. The lowest BCUT2D eigenvalue weighted by atomic mass is 10.1. The van der Waals surface area contributed by atoms with Crippen molar-refractivity contribution in [3.05, 3.63) is 34.6 Å². The molecule has 1 unspecified atom stereocenters. The molecule has 1 aromatic carbocycles. The van der Waals surface area contributed by atoms with Crippen molar-refractivity contribution >= 4 is 17.5 Å². The minimum absolute atomic E-state index is 0.0694. The molecule has 1 atom stereocenters. The first-order chi connectivity index (χ1) is 8.61. The SMILES string of the molecule is N#CC1CN(C(=O)c2ccc(F)cc2Cl)CCO1. The number of hydrogen-bond acceptors (Lipinski definition) is 3. The molecule has 1 fully saturated rings. The van der Waals surface area contributed by atoms with Crippen molar-refractivity contribution in [1.29, 1.82) is 5.26 Å². The number of hydrogen-bond donors (Lipinski definition) is 0. The lowest BCUT2D eigenvalue weighted by Gasteiger charge is -2.30. The summed E-state index contributed by atoms with van der Waals surface area (Å²) in [6.07, 6.45) is -0.623. The average Bonchev–Trinajstić information content (AvgIpc) is 2.38. The van der Waals surface area contributed by atoms with Crippen LogP contribution in [0.4, 0.5) is 4.39 Å². The Balaban J connectivity index is 2.18. The smallest absolute Gasteiger partial charge is 0.255 e. The molecule has 1 aliphatic heterocycles. The monoisotopic (exact) mass is 268 g/mol. The van der Waals surface area contributed by atoms with Crippen molar-refractivity contribution in [1.82, 2.24) is 4.90 Å². The van der Waals surface area contributed by atoms with Crippen LogP contribution in [0.1, 0.15) is 10.4 Å². The van der Waals surface area contributed by atoms with E-state index >= 15 is 0 Å². The fourth-order valence-corrected chi connectivity index (χ4v) is 1.99. The second kappa shape index (κ2) is 5.34. The average molecular weight is 269 g/mol. The van der Waals surface area contributed by atoms with E-state index in [0.717, 1.165) is 6.07 Å². The fraction of sp³-hybridized carbons (Fsp3) is 0.333. The van der Waals surface area contributed by atoms with E-state index in [-0.39, 0.29) is 23.0 Å². The van der Waals surface area contributed by atoms with Gasteiger partial charge in [-0.25, -0.2) is 4.39 Å². The first kappa shape index (κ1) is 12.8. The van der Waals surface area contributed by atoms with Crippen LogP contribution in [-0.4, -0.2) is 36.6 Å². The minimum Gasteiger partial charge on any atom is -0.360 e. The highest BCUT2D eigenvalue weighted by Crippen LogP contribution is 2.20. The summed E-state index contributed by atoms with van der Waals surface area (Å²) in [6.45, 7) is 0.899. The Morgan fingerprint density at radius 3 is 3.06 bits per heavy atom. The normalized spacial score (nSPS) is 19.4. The van der Waals surface area contributed by atoms with Gasteiger partial charge in [-0.05, 0) is 18.2 Å². The molecule has 0 radical (unpaired) electrons. The molecule has 0 spiro atoms. The molecule has 1 heterocycles. The van der Waals surface area contributed by atoms with Gasteiger partial charge in [0, 0.05) is 6.54 Å². The van der Waals surface area contributed by atoms with Crippen molar-refractivity contribution in [3.63, 3.8) is 0 Å². The van der Waals surface area contributed by atoms with Crippen molar-refractivity contribution < 1.29 is 13.9 Å². The summed E-state index contributed by atoms with van der Waals surface area (Å²) in [6, 6.07) is 5.58. The van der Waals surface area contributed by atoms with E-state index in [1.54, 1.807) is 0 Å². The zero-order chi connectivity index (χ0) is 13.1. The molecule has 6 heteroatoms. The maximum Gasteiger partial charge on any atom is 0.255 e. The van der Waals surface area contributed by atoms with Gasteiger partial charge in [0.2, 0.25) is 0 Å². The highest BCUT2D eigenvalue weighted by Gasteiger charge is 2.26. The van der Waals surface area contributed by atoms with Crippen LogP contribution in [0.25, 0.3) is 0 Å². The van der Waals surface area contributed by atoms with Crippen molar-refractivity contribution in [3.8, 4) is 6.07 Å². The largest absolute Gasteiger partial charge is 0.360 e. The third kappa shape index (κ3) is 2.61. The molecule has 18 heavy (non-hydrogen) atoms. The van der Waals surface area contributed by atoms with Crippen LogP contribution < -0.4 is 0 Å². The molecule has 2 rings (SSSR count). The molecular formula is C12H10ClFN2O2. The van der Waals surface area contributed by atoms with Gasteiger partial charge in [-0.3, -0.25) is 4.79 Å². The Labute approximate surface area is 109 Å². The Morgan fingerprint density at radius 2 is 2.39 bits per heavy atom. The van der Waals surface area contributed by atoms with E-state index in [1.807, 2.05) is 6.07 Å². The van der Waals surface area contributed by atoms with E-state index in [1.165, 1.54) is 17.0 Å². The number of nitriles is 1. The van der Waals surface area contributed by atoms with Crippen LogP contribution in [-0.2, 0) is 4.74 Å². The van der Waals surface area contributed by atoms with E-state index in [0.29, 0.717) is 13.2 Å². The van der Waals surface area contributed by atoms with E-state index in [9.17, 15) is 9.18 Å².